The lowest BCUT2D eigenvalue weighted by atomic mass is 9.98. The van der Waals surface area contributed by atoms with Gasteiger partial charge >= 0.3 is 5.97 Å². The highest BCUT2D eigenvalue weighted by atomic mass is 127. The topological polar surface area (TPSA) is 283 Å². The monoisotopic (exact) mass is 1290 g/mol. The number of carbonyl (C=O) groups is 6. The van der Waals surface area contributed by atoms with E-state index in [1.165, 1.54) is 42.3 Å². The lowest BCUT2D eigenvalue weighted by molar-refractivity contribution is -0.145. The molecule has 4 aromatic heterocycles. The molecule has 5 heterocycles. The van der Waals surface area contributed by atoms with E-state index in [9.17, 15) is 42.8 Å². The first kappa shape index (κ1) is 61.8. The number of nitrogens with zero attached hydrogens (tertiary/aromatic N) is 6. The highest BCUT2D eigenvalue weighted by Crippen LogP contribution is 2.34. The van der Waals surface area contributed by atoms with E-state index in [4.69, 9.17) is 19.9 Å². The summed E-state index contributed by atoms with van der Waals surface area (Å²) in [6, 6.07) is 26.8. The average molecular weight is 1300 g/mol. The minimum Gasteiger partial charge on any atom is -0.484 e. The number of hydrogen-bond acceptors (Lipinski definition) is 16. The Morgan fingerprint density at radius 1 is 0.845 bits per heavy atom. The van der Waals surface area contributed by atoms with Gasteiger partial charge in [0.2, 0.25) is 23.6 Å². The number of amides is 5. The highest BCUT2D eigenvalue weighted by molar-refractivity contribution is 14.1. The van der Waals surface area contributed by atoms with Gasteiger partial charge < -0.3 is 46.1 Å². The van der Waals surface area contributed by atoms with Gasteiger partial charge in [-0.3, -0.25) is 43.7 Å². The van der Waals surface area contributed by atoms with Crippen LogP contribution in [0.1, 0.15) is 53.7 Å². The second kappa shape index (κ2) is 29.8. The van der Waals surface area contributed by atoms with Crippen LogP contribution in [-0.2, 0) is 52.5 Å². The second-order valence-electron chi connectivity index (χ2n) is 19.3. The molecule has 1 aliphatic rings. The zero-order chi connectivity index (χ0) is 59.6. The first-order valence-corrected chi connectivity index (χ1v) is 30.3. The number of hydrogen-bond donors (Lipinski definition) is 5. The van der Waals surface area contributed by atoms with Crippen molar-refractivity contribution in [3.63, 3.8) is 0 Å². The summed E-state index contributed by atoms with van der Waals surface area (Å²) in [6.07, 6.45) is 8.08. The number of anilines is 1. The van der Waals surface area contributed by atoms with E-state index >= 15 is 0 Å². The molecule has 436 valence electrons. The summed E-state index contributed by atoms with van der Waals surface area (Å²) in [7, 11) is 3.70. The van der Waals surface area contributed by atoms with Crippen molar-refractivity contribution in [3.05, 3.63) is 136 Å². The Balaban J connectivity index is 0.802. The fourth-order valence-electron chi connectivity index (χ4n) is 8.99. The van der Waals surface area contributed by atoms with E-state index in [1.54, 1.807) is 36.8 Å². The number of alkyl halides is 2. The molecule has 6 N–H and O–H groups in total. The number of nitrogens with two attached hydrogens (primary N) is 1. The summed E-state index contributed by atoms with van der Waals surface area (Å²) in [5, 5.41) is 21.3. The Morgan fingerprint density at radius 2 is 1.60 bits per heavy atom. The predicted octanol–water partition coefficient (Wildman–Crippen LogP) is 6.70. The average Bonchev–Trinajstić information content (AvgIpc) is 4.00. The number of aryl methyl sites for hydroxylation is 1. The molecule has 0 saturated carbocycles. The Morgan fingerprint density at radius 3 is 2.36 bits per heavy atom. The maximum atomic E-state index is 14.0. The van der Waals surface area contributed by atoms with Gasteiger partial charge in [0.15, 0.2) is 12.6 Å². The quantitative estimate of drug-likeness (QED) is 0.00895. The van der Waals surface area contributed by atoms with Crippen LogP contribution in [0.5, 0.6) is 11.6 Å². The largest absolute Gasteiger partial charge is 0.484 e. The third-order valence-electron chi connectivity index (χ3n) is 13.3. The number of carbonyl (C=O) groups excluding carboxylic acids is 6. The van der Waals surface area contributed by atoms with E-state index < -0.39 is 73.7 Å². The lowest BCUT2D eigenvalue weighted by Gasteiger charge is -2.19. The molecule has 0 bridgehead atoms. The molecular weight excluding hydrogens is 1240 g/mol. The van der Waals surface area contributed by atoms with E-state index in [1.807, 2.05) is 60.7 Å². The normalized spacial score (nSPS) is 13.8. The van der Waals surface area contributed by atoms with Crippen LogP contribution in [0.2, 0.25) is 0 Å². The highest BCUT2D eigenvalue weighted by Gasteiger charge is 2.47. The van der Waals surface area contributed by atoms with Gasteiger partial charge in [0.25, 0.3) is 17.7 Å². The molecule has 1 aliphatic heterocycles. The predicted molar refractivity (Wildman–Crippen MR) is 325 cm³/mol. The van der Waals surface area contributed by atoms with E-state index in [-0.39, 0.29) is 49.1 Å². The minimum atomic E-state index is -3.22. The van der Waals surface area contributed by atoms with Gasteiger partial charge in [-0.25, -0.2) is 13.8 Å². The number of ether oxygens (including phenoxy) is 3. The number of methoxy groups -OCH3 is 1. The van der Waals surface area contributed by atoms with Crippen LogP contribution in [0.15, 0.2) is 116 Å². The van der Waals surface area contributed by atoms with Crippen molar-refractivity contribution in [1.82, 2.24) is 46.1 Å². The number of likely N-dealkylation sites (tertiary alicyclic amines) is 1. The number of thiol groups is 1. The maximum absolute atomic E-state index is 14.0. The Hall–Kier alpha value is -8.22. The number of nitrogen functional groups attached to an aromatic ring is 1. The van der Waals surface area contributed by atoms with Crippen LogP contribution in [0, 0.1) is 14.9 Å². The number of rotatable bonds is 27. The van der Waals surface area contributed by atoms with Crippen molar-refractivity contribution < 1.29 is 51.8 Å². The first-order valence-electron chi connectivity index (χ1n) is 26.6. The van der Waals surface area contributed by atoms with Crippen LogP contribution in [0.25, 0.3) is 44.1 Å². The van der Waals surface area contributed by atoms with Gasteiger partial charge in [-0.15, -0.1) is 0 Å². The van der Waals surface area contributed by atoms with Gasteiger partial charge in [0.05, 0.1) is 65.0 Å². The molecule has 8 rings (SSSR count). The molecule has 7 aromatic rings. The van der Waals surface area contributed by atoms with Crippen LogP contribution >= 0.6 is 33.4 Å². The number of nitrogens with one attached hydrogen (secondary N) is 4. The van der Waals surface area contributed by atoms with Crippen molar-refractivity contribution >= 4 is 107 Å². The summed E-state index contributed by atoms with van der Waals surface area (Å²) in [6.45, 7) is -1.84. The number of pyridine rings is 4. The number of benzene rings is 3. The van der Waals surface area contributed by atoms with Crippen LogP contribution < -0.4 is 36.5 Å². The van der Waals surface area contributed by atoms with Crippen molar-refractivity contribution in [1.29, 1.82) is 5.26 Å². The standard InChI is InChI=1S/C59H58F2IN11O9S2/c1-80-58-48(64)25-39(30-71-58)37-10-15-49-46(24-37)44(17-19-65-49)38-9-13-41(69-29-38)32-82-55(77)6-3-23-83-84-34-51(57(79)68-22-21-67-52(74)5-2-4-36-7-11-40(62)12-8-36)72-53(75)33-81-43-14-16-50-47(26-43)45(18-20-66-50)56(78)70-31-54(76)73-35-59(60,61)27-42(73)28-63/h7-20,24-26,29-30,42,51H,2-6,21-23,27,31-35,64H2,1H3,(H,67,74)(H,68,79)(H,70,78)(H,72,75)/p+1/t42-,51?/m0/s1. The fourth-order valence-corrected chi connectivity index (χ4v) is 11.8. The van der Waals surface area contributed by atoms with Crippen molar-refractivity contribution in [3.8, 4) is 40.0 Å². The molecule has 0 radical (unpaired) electrons. The minimum absolute atomic E-state index is 0.0190. The number of aromatic nitrogens is 4. The molecule has 0 aliphatic carbocycles. The van der Waals surface area contributed by atoms with Gasteiger partial charge in [-0.2, -0.15) is 5.26 Å². The number of halogens is 3. The molecule has 25 heteroatoms. The Labute approximate surface area is 503 Å². The maximum Gasteiger partial charge on any atom is 0.306 e. The molecular formula is C59H59F2IN11O9S2+. The Kier molecular flexibility index (Phi) is 22.0. The van der Waals surface area contributed by atoms with E-state index in [0.717, 1.165) is 64.4 Å². The van der Waals surface area contributed by atoms with Gasteiger partial charge in [-0.05, 0) is 125 Å². The zero-order valence-corrected chi connectivity index (χ0v) is 49.3. The van der Waals surface area contributed by atoms with Gasteiger partial charge in [0, 0.05) is 99.2 Å². The summed E-state index contributed by atoms with van der Waals surface area (Å²) in [4.78, 5) is 96.8. The smallest absolute Gasteiger partial charge is 0.306 e. The fraction of sp³-hybridized carbons (Fsp3) is 0.305. The van der Waals surface area contributed by atoms with E-state index in [2.05, 4.69) is 63.8 Å². The Bertz CT molecular complexity index is 3560. The van der Waals surface area contributed by atoms with Gasteiger partial charge in [-0.1, -0.05) is 24.3 Å². The molecule has 1 saturated heterocycles. The lowest BCUT2D eigenvalue weighted by Crippen LogP contribution is -2.51. The number of nitriles is 1. The number of fused-ring (bicyclic) bond motifs is 2. The zero-order valence-electron chi connectivity index (χ0n) is 45.4. The molecule has 84 heavy (non-hydrogen) atoms. The molecule has 3 aromatic carbocycles. The van der Waals surface area contributed by atoms with E-state index in [0.29, 0.717) is 53.2 Å². The number of esters is 1. The summed E-state index contributed by atoms with van der Waals surface area (Å²) in [5.41, 5.74) is 13.0. The molecule has 5 amide bonds. The third kappa shape index (κ3) is 17.4. The summed E-state index contributed by atoms with van der Waals surface area (Å²) in [5.74, 6) is -5.20. The third-order valence-corrected chi connectivity index (χ3v) is 16.7. The summed E-state index contributed by atoms with van der Waals surface area (Å²) >= 11 is 2.24. The van der Waals surface area contributed by atoms with Crippen molar-refractivity contribution in [2.45, 2.75) is 63.1 Å². The van der Waals surface area contributed by atoms with Gasteiger partial charge in [0.1, 0.15) is 24.2 Å². The first-order chi connectivity index (χ1) is 40.6. The molecule has 0 spiro atoms. The van der Waals surface area contributed by atoms with Crippen LogP contribution in [0.4, 0.5) is 14.5 Å². The molecule has 20 nitrogen and oxygen atoms in total. The molecule has 2 atom stereocenters. The van der Waals surface area contributed by atoms with Crippen molar-refractivity contribution in [2.24, 2.45) is 0 Å². The summed E-state index contributed by atoms with van der Waals surface area (Å²) < 4.78 is 45.6. The molecule has 1 unspecified atom stereocenters. The van der Waals surface area contributed by atoms with Crippen molar-refractivity contribution in [2.75, 3.05) is 57.1 Å². The van der Waals surface area contributed by atoms with Crippen LogP contribution in [0.3, 0.4) is 0 Å². The molecule has 1 fully saturated rings. The second-order valence-corrected chi connectivity index (χ2v) is 23.4. The SMILES string of the molecule is COc1ncc(-c2ccc3nccc(-c4ccc(COC(=O)CCCS[SH+]CC(NC(=O)COc5ccc6nccc(C(=O)NCC(=O)N7CC(F)(F)C[C@H]7C#N)c6c5)C(=O)NCCNC(=O)CCCc5ccc(I)cc5)nc4)c3c2)cc1N. The van der Waals surface area contributed by atoms with Crippen LogP contribution in [-0.4, -0.2) is 130 Å².